The molecule has 0 aromatic heterocycles. The van der Waals surface area contributed by atoms with E-state index in [2.05, 4.69) is 21.1 Å². The third-order valence-corrected chi connectivity index (χ3v) is 0. The average Bonchev–Trinajstić information content (AvgIpc) is 1.33. The van der Waals surface area contributed by atoms with Crippen molar-refractivity contribution in [1.82, 2.24) is 0 Å². The summed E-state index contributed by atoms with van der Waals surface area (Å²) in [6.45, 7) is 0. The van der Waals surface area contributed by atoms with E-state index in [1.165, 1.54) is 4.90 Å². The molecule has 0 amide bonds. The molecule has 0 radical (unpaired) electrons. The first kappa shape index (κ1) is 11.1. The molecule has 0 bridgehead atoms. The van der Waals surface area contributed by atoms with E-state index >= 15 is 0 Å². The summed E-state index contributed by atoms with van der Waals surface area (Å²) >= 11 is -0.466. The molecule has 0 unspecified atom stereocenters. The van der Waals surface area contributed by atoms with Crippen molar-refractivity contribution in [3.8, 4) is 0 Å². The van der Waals surface area contributed by atoms with Crippen molar-refractivity contribution in [2.75, 3.05) is 21.1 Å². The topological polar surface area (TPSA) is 4.44 Å². The van der Waals surface area contributed by atoms with Gasteiger partial charge in [0.15, 0.2) is 0 Å². The van der Waals surface area contributed by atoms with Crippen LogP contribution in [-0.4, -0.2) is 21.1 Å². The Bertz CT molecular complexity index is 24.1. The Morgan fingerprint density at radius 3 is 1.14 bits per heavy atom. The van der Waals surface area contributed by atoms with E-state index in [0.717, 1.165) is 0 Å². The van der Waals surface area contributed by atoms with Crippen LogP contribution in [0.1, 0.15) is 0 Å². The van der Waals surface area contributed by atoms with Crippen LogP contribution in [-0.2, 0) is 0 Å². The van der Waals surface area contributed by atoms with Crippen LogP contribution in [0.25, 0.3) is 0 Å². The molecule has 0 saturated carbocycles. The fourth-order valence-electron chi connectivity index (χ4n) is 0. The number of hydrogen-bond acceptors (Lipinski definition) is 0. The standard InChI is InChI=1S/C3H9N.Cl2I/c1-4(2)3;1-3-2/h1-3H3;/q;-1/p+1. The maximum absolute atomic E-state index is 4.87. The minimum atomic E-state index is -0.466. The zero-order valence-electron chi connectivity index (χ0n) is 4.63. The quantitative estimate of drug-likeness (QED) is 0.446. The second-order valence-corrected chi connectivity index (χ2v) is 4.76. The van der Waals surface area contributed by atoms with Crippen LogP contribution < -0.4 is 23.8 Å². The van der Waals surface area contributed by atoms with Crippen LogP contribution in [0.15, 0.2) is 0 Å². The number of halogens is 3. The molecule has 0 rings (SSSR count). The van der Waals surface area contributed by atoms with Crippen molar-refractivity contribution in [2.45, 2.75) is 0 Å². The van der Waals surface area contributed by atoms with E-state index in [0.29, 0.717) is 0 Å². The van der Waals surface area contributed by atoms with Gasteiger partial charge in [-0.3, -0.25) is 0 Å². The Labute approximate surface area is 62.7 Å². The van der Waals surface area contributed by atoms with Crippen molar-refractivity contribution >= 4 is 17.8 Å². The predicted octanol–water partition coefficient (Wildman–Crippen LogP) is -2.86. The van der Waals surface area contributed by atoms with Gasteiger partial charge in [0.1, 0.15) is 0 Å². The van der Waals surface area contributed by atoms with Crippen LogP contribution in [0.5, 0.6) is 0 Å². The zero-order valence-corrected chi connectivity index (χ0v) is 8.30. The molecule has 7 heavy (non-hydrogen) atoms. The molecule has 48 valence electrons. The van der Waals surface area contributed by atoms with E-state index in [1.54, 1.807) is 0 Å². The van der Waals surface area contributed by atoms with Crippen LogP contribution in [0.4, 0.5) is 0 Å². The first-order valence-corrected chi connectivity index (χ1v) is 7.25. The molecule has 0 aliphatic carbocycles. The van der Waals surface area contributed by atoms with Gasteiger partial charge in [0.25, 0.3) is 0 Å². The van der Waals surface area contributed by atoms with Gasteiger partial charge < -0.3 is 4.90 Å². The molecule has 0 aliphatic heterocycles. The monoisotopic (exact) mass is 257 g/mol. The molecule has 0 saturated heterocycles. The second-order valence-electron chi connectivity index (χ2n) is 1.55. The average molecular weight is 258 g/mol. The summed E-state index contributed by atoms with van der Waals surface area (Å²) in [5.74, 6) is 0. The summed E-state index contributed by atoms with van der Waals surface area (Å²) in [5, 5.41) is 0. The van der Waals surface area contributed by atoms with Gasteiger partial charge in [0, 0.05) is 0 Å². The van der Waals surface area contributed by atoms with Crippen molar-refractivity contribution in [3.63, 3.8) is 0 Å². The normalized spacial score (nSPS) is 8.29. The third-order valence-electron chi connectivity index (χ3n) is 0. The molecule has 0 aliphatic rings. The Hall–Kier alpha value is 1.27. The van der Waals surface area contributed by atoms with E-state index in [1.807, 2.05) is 0 Å². The number of rotatable bonds is 0. The minimum absolute atomic E-state index is 0.466. The Kier molecular flexibility index (Phi) is 16.3. The molecule has 4 heteroatoms. The van der Waals surface area contributed by atoms with Crippen molar-refractivity contribution in [3.05, 3.63) is 0 Å². The molecule has 0 aromatic rings. The Morgan fingerprint density at radius 1 is 1.14 bits per heavy atom. The van der Waals surface area contributed by atoms with Crippen molar-refractivity contribution in [2.24, 2.45) is 0 Å². The van der Waals surface area contributed by atoms with Gasteiger partial charge in [-0.1, -0.05) is 0 Å². The molecule has 0 heterocycles. The Balaban J connectivity index is 0. The molecule has 0 atom stereocenters. The van der Waals surface area contributed by atoms with Crippen LogP contribution in [0.3, 0.4) is 0 Å². The van der Waals surface area contributed by atoms with Gasteiger partial charge in [-0.25, -0.2) is 0 Å². The predicted molar refractivity (Wildman–Crippen MR) is 30.4 cm³/mol. The molecule has 0 aromatic carbocycles. The first-order valence-electron chi connectivity index (χ1n) is 1.79. The summed E-state index contributed by atoms with van der Waals surface area (Å²) < 4.78 is 0. The van der Waals surface area contributed by atoms with Gasteiger partial charge in [-0.05, 0) is 0 Å². The first-order chi connectivity index (χ1) is 3.15. The molecule has 0 fully saturated rings. The maximum atomic E-state index is 4.87. The van der Waals surface area contributed by atoms with Gasteiger partial charge in [0.05, 0.1) is 21.1 Å². The number of nitrogens with one attached hydrogen (secondary N) is 1. The summed E-state index contributed by atoms with van der Waals surface area (Å²) in [6, 6.07) is 0. The fourth-order valence-corrected chi connectivity index (χ4v) is 0. The summed E-state index contributed by atoms with van der Waals surface area (Å²) in [7, 11) is 16.0. The number of hydrogen-bond donors (Lipinski definition) is 1. The third kappa shape index (κ3) is 125. The fraction of sp³-hybridized carbons (Fsp3) is 1.00. The van der Waals surface area contributed by atoms with Crippen LogP contribution in [0.2, 0.25) is 0 Å². The van der Waals surface area contributed by atoms with Crippen LogP contribution >= 0.6 is 17.8 Å². The van der Waals surface area contributed by atoms with Gasteiger partial charge in [0.2, 0.25) is 0 Å². The van der Waals surface area contributed by atoms with Crippen molar-refractivity contribution < 1.29 is 23.8 Å². The van der Waals surface area contributed by atoms with E-state index in [-0.39, 0.29) is 0 Å². The van der Waals surface area contributed by atoms with Gasteiger partial charge >= 0.3 is 36.8 Å². The molecule has 0 spiro atoms. The summed E-state index contributed by atoms with van der Waals surface area (Å²) in [4.78, 5) is 1.42. The zero-order chi connectivity index (χ0) is 6.28. The SMILES string of the molecule is C[NH+](C)C.Cl[I-]Cl. The van der Waals surface area contributed by atoms with Gasteiger partial charge in [-0.2, -0.15) is 0 Å². The molecule has 1 nitrogen and oxygen atoms in total. The molecular weight excluding hydrogens is 248 g/mol. The summed E-state index contributed by atoms with van der Waals surface area (Å²) in [5.41, 5.74) is 0. The van der Waals surface area contributed by atoms with E-state index in [9.17, 15) is 0 Å². The molecular formula is C3H10Cl2IN. The Morgan fingerprint density at radius 2 is 1.14 bits per heavy atom. The van der Waals surface area contributed by atoms with E-state index < -0.39 is 18.9 Å². The van der Waals surface area contributed by atoms with Crippen molar-refractivity contribution in [1.29, 1.82) is 0 Å². The summed E-state index contributed by atoms with van der Waals surface area (Å²) in [6.07, 6.45) is 0. The number of quaternary nitrogens is 1. The molecule has 1 N–H and O–H groups in total. The van der Waals surface area contributed by atoms with Gasteiger partial charge in [-0.15, -0.1) is 0 Å². The van der Waals surface area contributed by atoms with Crippen LogP contribution in [0, 0.1) is 0 Å². The van der Waals surface area contributed by atoms with E-state index in [4.69, 9.17) is 17.8 Å². The second kappa shape index (κ2) is 10.3.